The summed E-state index contributed by atoms with van der Waals surface area (Å²) in [5, 5.41) is 5.73. The first-order chi connectivity index (χ1) is 15.3. The number of halogens is 8. The molecule has 0 atom stereocenters. The molecule has 2 aromatic carbocycles. The van der Waals surface area contributed by atoms with Crippen LogP contribution in [0.3, 0.4) is 0 Å². The predicted molar refractivity (Wildman–Crippen MR) is 99.1 cm³/mol. The monoisotopic (exact) mass is 479 g/mol. The second-order valence-electron chi connectivity index (χ2n) is 6.66. The fourth-order valence-corrected chi connectivity index (χ4v) is 2.83. The topological polar surface area (TPSA) is 56.2 Å². The van der Waals surface area contributed by atoms with E-state index in [4.69, 9.17) is 4.74 Å². The number of hydrogen-bond acceptors (Lipinski definition) is 3. The highest BCUT2D eigenvalue weighted by molar-refractivity contribution is 6.05. The van der Waals surface area contributed by atoms with E-state index < -0.39 is 52.8 Å². The zero-order valence-electron chi connectivity index (χ0n) is 16.4. The molecule has 13 heteroatoms. The highest BCUT2D eigenvalue weighted by atomic mass is 19.4. The summed E-state index contributed by atoms with van der Waals surface area (Å²) in [6.45, 7) is 0. The Bertz CT molecular complexity index is 1170. The molecule has 33 heavy (non-hydrogen) atoms. The molecule has 0 spiro atoms. The van der Waals surface area contributed by atoms with Gasteiger partial charge < -0.3 is 10.1 Å². The van der Waals surface area contributed by atoms with Crippen LogP contribution in [-0.4, -0.2) is 15.7 Å². The van der Waals surface area contributed by atoms with Crippen molar-refractivity contribution < 1.29 is 44.7 Å². The molecule has 5 nitrogen and oxygen atoms in total. The van der Waals surface area contributed by atoms with E-state index in [1.807, 2.05) is 0 Å². The van der Waals surface area contributed by atoms with Crippen LogP contribution in [0.5, 0.6) is 11.5 Å². The van der Waals surface area contributed by atoms with E-state index >= 15 is 0 Å². The third-order valence-electron chi connectivity index (χ3n) is 4.28. The summed E-state index contributed by atoms with van der Waals surface area (Å²) in [6.07, 6.45) is -12.2. The first-order valence-corrected chi connectivity index (χ1v) is 8.95. The van der Waals surface area contributed by atoms with Crippen molar-refractivity contribution in [3.8, 4) is 11.5 Å². The van der Waals surface area contributed by atoms with E-state index in [2.05, 4.69) is 10.4 Å². The maximum Gasteiger partial charge on any atom is 0.420 e. The van der Waals surface area contributed by atoms with Gasteiger partial charge in [0.15, 0.2) is 5.75 Å². The van der Waals surface area contributed by atoms with Gasteiger partial charge in [-0.3, -0.25) is 9.48 Å². The number of nitrogens with zero attached hydrogens (tertiary/aromatic N) is 2. The molecule has 1 amide bonds. The molecule has 0 saturated heterocycles. The van der Waals surface area contributed by atoms with Crippen molar-refractivity contribution in [1.82, 2.24) is 9.78 Å². The van der Waals surface area contributed by atoms with Crippen molar-refractivity contribution in [2.75, 3.05) is 5.32 Å². The number of aromatic nitrogens is 2. The van der Waals surface area contributed by atoms with E-state index in [0.29, 0.717) is 12.1 Å². The Morgan fingerprint density at radius 2 is 1.67 bits per heavy atom. The molecule has 1 aromatic heterocycles. The molecule has 176 valence electrons. The quantitative estimate of drug-likeness (QED) is 0.429. The second kappa shape index (κ2) is 8.71. The maximum absolute atomic E-state index is 13.4. The molecule has 0 aliphatic heterocycles. The van der Waals surface area contributed by atoms with Gasteiger partial charge >= 0.3 is 12.4 Å². The average molecular weight is 479 g/mol. The number of nitrogens with one attached hydrogen (secondary N) is 1. The number of hydrogen-bond donors (Lipinski definition) is 1. The molecule has 3 rings (SSSR count). The third kappa shape index (κ3) is 5.41. The van der Waals surface area contributed by atoms with Crippen LogP contribution >= 0.6 is 0 Å². The average Bonchev–Trinajstić information content (AvgIpc) is 3.10. The molecule has 0 bridgehead atoms. The van der Waals surface area contributed by atoms with Gasteiger partial charge in [-0.2, -0.15) is 31.4 Å². The van der Waals surface area contributed by atoms with Crippen LogP contribution in [0.25, 0.3) is 0 Å². The van der Waals surface area contributed by atoms with Gasteiger partial charge in [-0.1, -0.05) is 12.1 Å². The predicted octanol–water partition coefficient (Wildman–Crippen LogP) is 6.44. The van der Waals surface area contributed by atoms with E-state index in [9.17, 15) is 39.9 Å². The zero-order valence-corrected chi connectivity index (χ0v) is 16.4. The van der Waals surface area contributed by atoms with Gasteiger partial charge in [-0.15, -0.1) is 0 Å². The highest BCUT2D eigenvalue weighted by Gasteiger charge is 2.39. The Balaban J connectivity index is 1.96. The summed E-state index contributed by atoms with van der Waals surface area (Å²) in [5.74, 6) is -2.36. The summed E-state index contributed by atoms with van der Waals surface area (Å²) >= 11 is 0. The van der Waals surface area contributed by atoms with Gasteiger partial charge in [0.2, 0.25) is 0 Å². The molecule has 0 aliphatic rings. The van der Waals surface area contributed by atoms with Gasteiger partial charge in [0.25, 0.3) is 12.3 Å². The molecule has 1 heterocycles. The van der Waals surface area contributed by atoms with Crippen molar-refractivity contribution in [2.45, 2.75) is 18.8 Å². The normalized spacial score (nSPS) is 12.2. The fourth-order valence-electron chi connectivity index (χ4n) is 2.83. The van der Waals surface area contributed by atoms with Crippen molar-refractivity contribution in [3.05, 3.63) is 71.0 Å². The number of ether oxygens (including phenoxy) is 1. The third-order valence-corrected chi connectivity index (χ3v) is 4.28. The number of para-hydroxylation sites is 2. The number of aryl methyl sites for hydroxylation is 1. The molecule has 3 aromatic rings. The standard InChI is InChI=1S/C20H13F8N3O2/c1-31-9-11(16(30-31)17(21)22)18(32)29-13-4-2-3-5-15(13)33-14-7-6-10(19(23,24)25)8-12(14)20(26,27)28/h2-9,17H,1H3,(H,29,32). The zero-order chi connectivity index (χ0) is 24.6. The van der Waals surface area contributed by atoms with Crippen molar-refractivity contribution in [3.63, 3.8) is 0 Å². The number of rotatable bonds is 5. The van der Waals surface area contributed by atoms with Crippen LogP contribution in [0.4, 0.5) is 40.8 Å². The van der Waals surface area contributed by atoms with Gasteiger partial charge in [0.05, 0.1) is 22.4 Å². The van der Waals surface area contributed by atoms with Crippen LogP contribution in [0.2, 0.25) is 0 Å². The summed E-state index contributed by atoms with van der Waals surface area (Å²) in [5.41, 5.74) is -4.71. The molecule has 0 radical (unpaired) electrons. The second-order valence-corrected chi connectivity index (χ2v) is 6.66. The molecule has 1 N–H and O–H groups in total. The van der Waals surface area contributed by atoms with Crippen molar-refractivity contribution >= 4 is 11.6 Å². The smallest absolute Gasteiger partial charge is 0.420 e. The lowest BCUT2D eigenvalue weighted by Crippen LogP contribution is -2.15. The maximum atomic E-state index is 13.4. The molecule has 0 fully saturated rings. The number of benzene rings is 2. The fraction of sp³-hybridized carbons (Fsp3) is 0.200. The number of carbonyl (C=O) groups excluding carboxylic acids is 1. The minimum atomic E-state index is -5.18. The molecule has 0 aliphatic carbocycles. The van der Waals surface area contributed by atoms with Gasteiger partial charge in [-0.05, 0) is 30.3 Å². The number of alkyl halides is 8. The van der Waals surface area contributed by atoms with Crippen LogP contribution in [0.1, 0.15) is 33.6 Å². The Hall–Kier alpha value is -3.64. The number of anilines is 1. The van der Waals surface area contributed by atoms with Crippen LogP contribution in [-0.2, 0) is 19.4 Å². The molecule has 0 unspecified atom stereocenters. The Labute approximate surface area is 180 Å². The Morgan fingerprint density at radius 3 is 2.27 bits per heavy atom. The van der Waals surface area contributed by atoms with E-state index in [0.717, 1.165) is 16.9 Å². The summed E-state index contributed by atoms with van der Waals surface area (Å²) < 4.78 is 111. The van der Waals surface area contributed by atoms with Crippen LogP contribution in [0.15, 0.2) is 48.7 Å². The van der Waals surface area contributed by atoms with E-state index in [1.165, 1.54) is 25.2 Å². The minimum Gasteiger partial charge on any atom is -0.455 e. The lowest BCUT2D eigenvalue weighted by atomic mass is 10.1. The summed E-state index contributed by atoms with van der Waals surface area (Å²) in [7, 11) is 1.31. The first kappa shape index (κ1) is 24.0. The van der Waals surface area contributed by atoms with Crippen LogP contribution in [0, 0.1) is 0 Å². The van der Waals surface area contributed by atoms with Crippen LogP contribution < -0.4 is 10.1 Å². The lowest BCUT2D eigenvalue weighted by molar-refractivity contribution is -0.143. The summed E-state index contributed by atoms with van der Waals surface area (Å²) in [6, 6.07) is 5.87. The molecule has 0 saturated carbocycles. The largest absolute Gasteiger partial charge is 0.455 e. The first-order valence-electron chi connectivity index (χ1n) is 8.95. The highest BCUT2D eigenvalue weighted by Crippen LogP contribution is 2.42. The van der Waals surface area contributed by atoms with E-state index in [-0.39, 0.29) is 17.5 Å². The Kier molecular flexibility index (Phi) is 6.34. The van der Waals surface area contributed by atoms with Crippen molar-refractivity contribution in [2.24, 2.45) is 7.05 Å². The van der Waals surface area contributed by atoms with E-state index in [1.54, 1.807) is 0 Å². The van der Waals surface area contributed by atoms with Gasteiger partial charge in [0.1, 0.15) is 11.4 Å². The lowest BCUT2D eigenvalue weighted by Gasteiger charge is -2.18. The number of amides is 1. The SMILES string of the molecule is Cn1cc(C(=O)Nc2ccccc2Oc2ccc(C(F)(F)F)cc2C(F)(F)F)c(C(F)F)n1. The van der Waals surface area contributed by atoms with Gasteiger partial charge in [0, 0.05) is 13.2 Å². The summed E-state index contributed by atoms with van der Waals surface area (Å²) in [4.78, 5) is 12.5. The minimum absolute atomic E-state index is 0.0962. The molecular formula is C20H13F8N3O2. The van der Waals surface area contributed by atoms with Crippen molar-refractivity contribution in [1.29, 1.82) is 0 Å². The Morgan fingerprint density at radius 1 is 1.00 bits per heavy atom. The molecular weight excluding hydrogens is 466 g/mol. The van der Waals surface area contributed by atoms with Gasteiger partial charge in [-0.25, -0.2) is 8.78 Å². The number of carbonyl (C=O) groups is 1.